The van der Waals surface area contributed by atoms with Gasteiger partial charge in [0, 0.05) is 26.2 Å². The molecule has 1 aliphatic heterocycles. The number of sulfonamides is 1. The molecule has 8 nitrogen and oxygen atoms in total. The van der Waals surface area contributed by atoms with Crippen LogP contribution in [0.1, 0.15) is 27.2 Å². The van der Waals surface area contributed by atoms with Gasteiger partial charge in [0.2, 0.25) is 10.0 Å². The summed E-state index contributed by atoms with van der Waals surface area (Å²) in [4.78, 5) is 15.9. The molecule has 2 rings (SSSR count). The zero-order valence-corrected chi connectivity index (χ0v) is 15.7. The number of anilines is 2. The average Bonchev–Trinajstić information content (AvgIpc) is 2.70. The molecule has 9 heteroatoms. The van der Waals surface area contributed by atoms with Crippen LogP contribution in [0, 0.1) is 0 Å². The number of nitrogen functional groups attached to an aromatic ring is 1. The SMILES string of the molecule is CC(C)(C)OC(=O)N1CCCN(c2ccc(S(N)(=O)=O)cc2N)CC1. The Morgan fingerprint density at radius 3 is 2.40 bits per heavy atom. The molecule has 1 aromatic carbocycles. The van der Waals surface area contributed by atoms with Crippen molar-refractivity contribution in [3.05, 3.63) is 18.2 Å². The van der Waals surface area contributed by atoms with Crippen LogP contribution in [-0.2, 0) is 14.8 Å². The summed E-state index contributed by atoms with van der Waals surface area (Å²) in [6, 6.07) is 4.46. The van der Waals surface area contributed by atoms with Crippen LogP contribution in [0.5, 0.6) is 0 Å². The molecular weight excluding hydrogens is 344 g/mol. The first-order chi connectivity index (χ1) is 11.5. The molecule has 0 atom stereocenters. The first-order valence-corrected chi connectivity index (χ1v) is 9.67. The van der Waals surface area contributed by atoms with E-state index in [0.29, 0.717) is 31.9 Å². The molecule has 140 valence electrons. The summed E-state index contributed by atoms with van der Waals surface area (Å²) in [5.41, 5.74) is 6.56. The lowest BCUT2D eigenvalue weighted by Gasteiger charge is -2.27. The van der Waals surface area contributed by atoms with Crippen LogP contribution in [0.15, 0.2) is 23.1 Å². The van der Waals surface area contributed by atoms with Gasteiger partial charge in [-0.05, 0) is 45.4 Å². The molecule has 0 aromatic heterocycles. The average molecular weight is 370 g/mol. The summed E-state index contributed by atoms with van der Waals surface area (Å²) in [5.74, 6) is 0. The van der Waals surface area contributed by atoms with Crippen molar-refractivity contribution >= 4 is 27.5 Å². The van der Waals surface area contributed by atoms with Crippen LogP contribution >= 0.6 is 0 Å². The Morgan fingerprint density at radius 1 is 1.16 bits per heavy atom. The van der Waals surface area contributed by atoms with Gasteiger partial charge in [-0.15, -0.1) is 0 Å². The number of rotatable bonds is 2. The highest BCUT2D eigenvalue weighted by Gasteiger charge is 2.25. The second-order valence-electron chi connectivity index (χ2n) is 7.07. The summed E-state index contributed by atoms with van der Waals surface area (Å²) in [6.07, 6.45) is 0.433. The van der Waals surface area contributed by atoms with Gasteiger partial charge in [0.25, 0.3) is 0 Å². The van der Waals surface area contributed by atoms with Crippen LogP contribution < -0.4 is 15.8 Å². The molecule has 1 amide bonds. The van der Waals surface area contributed by atoms with E-state index in [4.69, 9.17) is 15.6 Å². The van der Waals surface area contributed by atoms with Crippen molar-refractivity contribution in [2.45, 2.75) is 37.7 Å². The second kappa shape index (κ2) is 7.09. The Balaban J connectivity index is 2.10. The van der Waals surface area contributed by atoms with E-state index in [-0.39, 0.29) is 11.0 Å². The first-order valence-electron chi connectivity index (χ1n) is 8.12. The van der Waals surface area contributed by atoms with Crippen LogP contribution in [0.25, 0.3) is 0 Å². The normalized spacial score (nSPS) is 16.5. The second-order valence-corrected chi connectivity index (χ2v) is 8.64. The number of primary sulfonamides is 1. The third kappa shape index (κ3) is 5.23. The largest absolute Gasteiger partial charge is 0.444 e. The number of hydrogen-bond donors (Lipinski definition) is 2. The number of carbonyl (C=O) groups is 1. The number of hydrogen-bond acceptors (Lipinski definition) is 6. The molecule has 0 aliphatic carbocycles. The highest BCUT2D eigenvalue weighted by Crippen LogP contribution is 2.27. The first kappa shape index (κ1) is 19.3. The molecule has 1 aromatic rings. The molecule has 0 bridgehead atoms. The highest BCUT2D eigenvalue weighted by molar-refractivity contribution is 7.89. The number of nitrogens with two attached hydrogens (primary N) is 2. The van der Waals surface area contributed by atoms with E-state index in [1.165, 1.54) is 12.1 Å². The number of carbonyl (C=O) groups excluding carboxylic acids is 1. The van der Waals surface area contributed by atoms with Gasteiger partial charge in [-0.3, -0.25) is 0 Å². The zero-order chi connectivity index (χ0) is 18.8. The number of amides is 1. The minimum absolute atomic E-state index is 0.0149. The molecule has 4 N–H and O–H groups in total. The molecule has 25 heavy (non-hydrogen) atoms. The highest BCUT2D eigenvalue weighted by atomic mass is 32.2. The van der Waals surface area contributed by atoms with Crippen LogP contribution in [0.3, 0.4) is 0 Å². The summed E-state index contributed by atoms with van der Waals surface area (Å²) in [7, 11) is -3.79. The molecule has 0 radical (unpaired) electrons. The lowest BCUT2D eigenvalue weighted by molar-refractivity contribution is 0.0263. The van der Waals surface area contributed by atoms with E-state index in [9.17, 15) is 13.2 Å². The maximum absolute atomic E-state index is 12.2. The van der Waals surface area contributed by atoms with Gasteiger partial charge in [0.15, 0.2) is 0 Å². The molecule has 1 heterocycles. The zero-order valence-electron chi connectivity index (χ0n) is 14.9. The Bertz CT molecular complexity index is 743. The molecule has 1 fully saturated rings. The standard InChI is InChI=1S/C16H26N4O4S/c1-16(2,3)24-15(21)20-8-4-7-19(9-10-20)14-6-5-12(11-13(14)17)25(18,22)23/h5-6,11H,4,7-10,17H2,1-3H3,(H2,18,22,23). The van der Waals surface area contributed by atoms with Crippen LogP contribution in [0.2, 0.25) is 0 Å². The number of ether oxygens (including phenoxy) is 1. The molecule has 0 spiro atoms. The van der Waals surface area contributed by atoms with E-state index in [2.05, 4.69) is 0 Å². The van der Waals surface area contributed by atoms with Crippen molar-refractivity contribution in [2.24, 2.45) is 5.14 Å². The van der Waals surface area contributed by atoms with Crippen molar-refractivity contribution in [1.29, 1.82) is 0 Å². The number of benzene rings is 1. The molecule has 1 saturated heterocycles. The van der Waals surface area contributed by atoms with Crippen molar-refractivity contribution in [2.75, 3.05) is 36.8 Å². The summed E-state index contributed by atoms with van der Waals surface area (Å²) in [6.45, 7) is 7.90. The number of nitrogens with zero attached hydrogens (tertiary/aromatic N) is 2. The van der Waals surface area contributed by atoms with Gasteiger partial charge in [-0.25, -0.2) is 18.4 Å². The summed E-state index contributed by atoms with van der Waals surface area (Å²) >= 11 is 0. The quantitative estimate of drug-likeness (QED) is 0.759. The topological polar surface area (TPSA) is 119 Å². The van der Waals surface area contributed by atoms with Crippen LogP contribution in [0.4, 0.5) is 16.2 Å². The summed E-state index contributed by atoms with van der Waals surface area (Å²) < 4.78 is 28.2. The van der Waals surface area contributed by atoms with Gasteiger partial charge in [-0.2, -0.15) is 0 Å². The lowest BCUT2D eigenvalue weighted by Crippen LogP contribution is -2.39. The predicted molar refractivity (Wildman–Crippen MR) is 96.9 cm³/mol. The lowest BCUT2D eigenvalue weighted by atomic mass is 10.2. The Labute approximate surface area is 148 Å². The molecular formula is C16H26N4O4S. The van der Waals surface area contributed by atoms with Gasteiger partial charge >= 0.3 is 6.09 Å². The van der Waals surface area contributed by atoms with Gasteiger partial charge in [0.1, 0.15) is 5.60 Å². The van der Waals surface area contributed by atoms with E-state index >= 15 is 0 Å². The smallest absolute Gasteiger partial charge is 0.410 e. The fourth-order valence-electron chi connectivity index (χ4n) is 2.66. The van der Waals surface area contributed by atoms with Crippen molar-refractivity contribution in [1.82, 2.24) is 4.90 Å². The summed E-state index contributed by atoms with van der Waals surface area (Å²) in [5, 5.41) is 5.13. The Morgan fingerprint density at radius 2 is 1.84 bits per heavy atom. The third-order valence-electron chi connectivity index (χ3n) is 3.82. The Kier molecular flexibility index (Phi) is 5.48. The van der Waals surface area contributed by atoms with E-state index in [0.717, 1.165) is 12.1 Å². The van der Waals surface area contributed by atoms with Gasteiger partial charge in [0.05, 0.1) is 16.3 Å². The maximum Gasteiger partial charge on any atom is 0.410 e. The minimum Gasteiger partial charge on any atom is -0.444 e. The Hall–Kier alpha value is -2.00. The predicted octanol–water partition coefficient (Wildman–Crippen LogP) is 1.36. The van der Waals surface area contributed by atoms with Gasteiger partial charge < -0.3 is 20.3 Å². The van der Waals surface area contributed by atoms with Crippen molar-refractivity contribution in [3.63, 3.8) is 0 Å². The van der Waals surface area contributed by atoms with Crippen LogP contribution in [-0.4, -0.2) is 51.2 Å². The maximum atomic E-state index is 12.2. The monoisotopic (exact) mass is 370 g/mol. The van der Waals surface area contributed by atoms with E-state index in [1.807, 2.05) is 25.7 Å². The van der Waals surface area contributed by atoms with Crippen molar-refractivity contribution < 1.29 is 17.9 Å². The fourth-order valence-corrected chi connectivity index (χ4v) is 3.21. The van der Waals surface area contributed by atoms with E-state index < -0.39 is 15.6 Å². The molecule has 1 aliphatic rings. The fraction of sp³-hybridized carbons (Fsp3) is 0.562. The van der Waals surface area contributed by atoms with Gasteiger partial charge in [-0.1, -0.05) is 0 Å². The van der Waals surface area contributed by atoms with Crippen molar-refractivity contribution in [3.8, 4) is 0 Å². The molecule has 0 unspecified atom stereocenters. The molecule has 0 saturated carbocycles. The van der Waals surface area contributed by atoms with E-state index in [1.54, 1.807) is 11.0 Å². The minimum atomic E-state index is -3.79. The third-order valence-corrected chi connectivity index (χ3v) is 4.73.